The number of hydrogen-bond donors (Lipinski definition) is 1. The van der Waals surface area contributed by atoms with E-state index in [0.717, 1.165) is 36.1 Å². The Labute approximate surface area is 129 Å². The molecule has 20 heavy (non-hydrogen) atoms. The number of aryl methyl sites for hydroxylation is 1. The zero-order valence-electron chi connectivity index (χ0n) is 11.5. The van der Waals surface area contributed by atoms with Crippen LogP contribution in [0, 0.1) is 0 Å². The van der Waals surface area contributed by atoms with Gasteiger partial charge in [-0.15, -0.1) is 0 Å². The molecule has 0 heterocycles. The number of benzene rings is 2. The first-order valence-corrected chi connectivity index (χ1v) is 7.74. The molecule has 0 saturated carbocycles. The van der Waals surface area contributed by atoms with Crippen LogP contribution in [0.4, 0.5) is 0 Å². The number of rotatable bonds is 7. The highest BCUT2D eigenvalue weighted by molar-refractivity contribution is 9.10. The van der Waals surface area contributed by atoms with Crippen molar-refractivity contribution in [3.8, 4) is 5.75 Å². The van der Waals surface area contributed by atoms with E-state index in [-0.39, 0.29) is 0 Å². The highest BCUT2D eigenvalue weighted by Crippen LogP contribution is 2.26. The molecule has 0 saturated heterocycles. The minimum atomic E-state index is 0.670. The Morgan fingerprint density at radius 1 is 0.950 bits per heavy atom. The highest BCUT2D eigenvalue weighted by atomic mass is 79.9. The predicted molar refractivity (Wildman–Crippen MR) is 87.2 cm³/mol. The van der Waals surface area contributed by atoms with E-state index in [1.807, 2.05) is 12.1 Å². The van der Waals surface area contributed by atoms with Crippen molar-refractivity contribution in [2.45, 2.75) is 19.3 Å². The second kappa shape index (κ2) is 8.08. The fourth-order valence-electron chi connectivity index (χ4n) is 2.09. The highest BCUT2D eigenvalue weighted by Gasteiger charge is 2.02. The first-order chi connectivity index (χ1) is 9.79. The first-order valence-electron chi connectivity index (χ1n) is 6.95. The molecule has 3 heteroatoms. The van der Waals surface area contributed by atoms with Gasteiger partial charge >= 0.3 is 0 Å². The third-order valence-electron chi connectivity index (χ3n) is 3.14. The molecule has 0 fully saturated rings. The van der Waals surface area contributed by atoms with Crippen LogP contribution in [-0.2, 0) is 12.8 Å². The quantitative estimate of drug-likeness (QED) is 0.778. The zero-order chi connectivity index (χ0) is 14.2. The average Bonchev–Trinajstić information content (AvgIpc) is 2.47. The normalized spacial score (nSPS) is 10.5. The molecule has 0 amide bonds. The van der Waals surface area contributed by atoms with Crippen molar-refractivity contribution in [1.82, 2.24) is 0 Å². The van der Waals surface area contributed by atoms with Crippen LogP contribution in [0.1, 0.15) is 17.5 Å². The average molecular weight is 334 g/mol. The molecule has 106 valence electrons. The summed E-state index contributed by atoms with van der Waals surface area (Å²) in [6, 6.07) is 16.7. The van der Waals surface area contributed by atoms with Crippen molar-refractivity contribution in [2.75, 3.05) is 13.2 Å². The number of ether oxygens (including phenoxy) is 1. The Morgan fingerprint density at radius 3 is 2.45 bits per heavy atom. The van der Waals surface area contributed by atoms with Crippen molar-refractivity contribution >= 4 is 15.9 Å². The molecule has 0 aliphatic carbocycles. The molecule has 0 bridgehead atoms. The molecule has 2 rings (SSSR count). The second-order valence-electron chi connectivity index (χ2n) is 4.74. The van der Waals surface area contributed by atoms with Gasteiger partial charge in [-0.05, 0) is 65.0 Å². The van der Waals surface area contributed by atoms with Gasteiger partial charge in [-0.3, -0.25) is 0 Å². The molecule has 0 unspecified atom stereocenters. The molecule has 0 aliphatic heterocycles. The van der Waals surface area contributed by atoms with Crippen molar-refractivity contribution < 1.29 is 4.74 Å². The standard InChI is InChI=1S/C17H20BrNO/c18-16-13-15(10-11-19)8-9-17(16)20-12-4-7-14-5-2-1-3-6-14/h1-3,5-6,8-9,13H,4,7,10-12,19H2. The summed E-state index contributed by atoms with van der Waals surface area (Å²) in [7, 11) is 0. The number of halogens is 1. The van der Waals surface area contributed by atoms with Gasteiger partial charge in [0.1, 0.15) is 5.75 Å². The maximum atomic E-state index is 5.81. The van der Waals surface area contributed by atoms with Gasteiger partial charge in [-0.25, -0.2) is 0 Å². The van der Waals surface area contributed by atoms with Gasteiger partial charge in [0.05, 0.1) is 11.1 Å². The Hall–Kier alpha value is -1.32. The van der Waals surface area contributed by atoms with Crippen LogP contribution in [0.2, 0.25) is 0 Å². The molecule has 0 aromatic heterocycles. The maximum Gasteiger partial charge on any atom is 0.133 e. The fraction of sp³-hybridized carbons (Fsp3) is 0.294. The monoisotopic (exact) mass is 333 g/mol. The van der Waals surface area contributed by atoms with E-state index >= 15 is 0 Å². The smallest absolute Gasteiger partial charge is 0.133 e. The predicted octanol–water partition coefficient (Wildman–Crippen LogP) is 3.96. The van der Waals surface area contributed by atoms with Gasteiger partial charge in [0.25, 0.3) is 0 Å². The molecule has 0 aliphatic rings. The summed E-state index contributed by atoms with van der Waals surface area (Å²) in [5.41, 5.74) is 8.14. The molecule has 0 spiro atoms. The number of hydrogen-bond acceptors (Lipinski definition) is 2. The minimum absolute atomic E-state index is 0.670. The molecular formula is C17H20BrNO. The van der Waals surface area contributed by atoms with Gasteiger partial charge in [-0.2, -0.15) is 0 Å². The van der Waals surface area contributed by atoms with E-state index in [2.05, 4.69) is 52.3 Å². The van der Waals surface area contributed by atoms with E-state index in [4.69, 9.17) is 10.5 Å². The van der Waals surface area contributed by atoms with Crippen molar-refractivity contribution in [3.05, 3.63) is 64.1 Å². The van der Waals surface area contributed by atoms with E-state index < -0.39 is 0 Å². The molecule has 2 nitrogen and oxygen atoms in total. The summed E-state index contributed by atoms with van der Waals surface area (Å²) in [6.07, 6.45) is 2.96. The Bertz CT molecular complexity index is 528. The Morgan fingerprint density at radius 2 is 1.75 bits per heavy atom. The summed E-state index contributed by atoms with van der Waals surface area (Å²) >= 11 is 3.55. The van der Waals surface area contributed by atoms with E-state index in [0.29, 0.717) is 6.54 Å². The lowest BCUT2D eigenvalue weighted by atomic mass is 10.1. The lowest BCUT2D eigenvalue weighted by Gasteiger charge is -2.09. The maximum absolute atomic E-state index is 5.81. The van der Waals surface area contributed by atoms with E-state index in [1.54, 1.807) is 0 Å². The fourth-order valence-corrected chi connectivity index (χ4v) is 2.63. The molecule has 0 atom stereocenters. The SMILES string of the molecule is NCCc1ccc(OCCCc2ccccc2)c(Br)c1. The zero-order valence-corrected chi connectivity index (χ0v) is 13.1. The van der Waals surface area contributed by atoms with Crippen molar-refractivity contribution in [1.29, 1.82) is 0 Å². The van der Waals surface area contributed by atoms with Gasteiger partial charge < -0.3 is 10.5 Å². The third-order valence-corrected chi connectivity index (χ3v) is 3.76. The van der Waals surface area contributed by atoms with Crippen LogP contribution in [0.25, 0.3) is 0 Å². The lowest BCUT2D eigenvalue weighted by molar-refractivity contribution is 0.309. The van der Waals surface area contributed by atoms with Crippen LogP contribution in [0.3, 0.4) is 0 Å². The van der Waals surface area contributed by atoms with Gasteiger partial charge in [0.2, 0.25) is 0 Å². The molecule has 2 aromatic rings. The molecule has 2 N–H and O–H groups in total. The van der Waals surface area contributed by atoms with E-state index in [1.165, 1.54) is 11.1 Å². The molecule has 0 radical (unpaired) electrons. The van der Waals surface area contributed by atoms with Crippen LogP contribution in [-0.4, -0.2) is 13.2 Å². The van der Waals surface area contributed by atoms with Crippen LogP contribution in [0.5, 0.6) is 5.75 Å². The molecular weight excluding hydrogens is 314 g/mol. The number of nitrogens with two attached hydrogens (primary N) is 1. The second-order valence-corrected chi connectivity index (χ2v) is 5.60. The molecule has 2 aromatic carbocycles. The van der Waals surface area contributed by atoms with Gasteiger partial charge in [0.15, 0.2) is 0 Å². The topological polar surface area (TPSA) is 35.2 Å². The lowest BCUT2D eigenvalue weighted by Crippen LogP contribution is -2.03. The summed E-state index contributed by atoms with van der Waals surface area (Å²) in [5.74, 6) is 0.902. The Kier molecular flexibility index (Phi) is 6.09. The largest absolute Gasteiger partial charge is 0.492 e. The van der Waals surface area contributed by atoms with Crippen LogP contribution < -0.4 is 10.5 Å². The third kappa shape index (κ3) is 4.66. The van der Waals surface area contributed by atoms with E-state index in [9.17, 15) is 0 Å². The summed E-state index contributed by atoms with van der Waals surface area (Å²) < 4.78 is 6.82. The van der Waals surface area contributed by atoms with Gasteiger partial charge in [0, 0.05) is 0 Å². The van der Waals surface area contributed by atoms with Crippen LogP contribution in [0.15, 0.2) is 53.0 Å². The summed E-state index contributed by atoms with van der Waals surface area (Å²) in [5, 5.41) is 0. The summed E-state index contributed by atoms with van der Waals surface area (Å²) in [6.45, 7) is 1.40. The summed E-state index contributed by atoms with van der Waals surface area (Å²) in [4.78, 5) is 0. The van der Waals surface area contributed by atoms with Gasteiger partial charge in [-0.1, -0.05) is 36.4 Å². The minimum Gasteiger partial charge on any atom is -0.492 e. The van der Waals surface area contributed by atoms with Crippen molar-refractivity contribution in [2.24, 2.45) is 5.73 Å². The Balaban J connectivity index is 1.79. The van der Waals surface area contributed by atoms with Crippen LogP contribution >= 0.6 is 15.9 Å². The van der Waals surface area contributed by atoms with Crippen molar-refractivity contribution in [3.63, 3.8) is 0 Å². The first kappa shape index (κ1) is 15.1.